The van der Waals surface area contributed by atoms with Gasteiger partial charge in [-0.15, -0.1) is 0 Å². The molecule has 0 aliphatic carbocycles. The Bertz CT molecular complexity index is 1050. The van der Waals surface area contributed by atoms with Crippen LogP contribution in [0.5, 0.6) is 0 Å². The van der Waals surface area contributed by atoms with Crippen molar-refractivity contribution in [3.8, 4) is 11.1 Å². The molecule has 0 saturated carbocycles. The molecule has 4 nitrogen and oxygen atoms in total. The molecule has 1 saturated heterocycles. The summed E-state index contributed by atoms with van der Waals surface area (Å²) in [5.74, 6) is -0.448. The summed E-state index contributed by atoms with van der Waals surface area (Å²) in [6.45, 7) is 4.40. The van der Waals surface area contributed by atoms with E-state index in [1.165, 1.54) is 5.56 Å². The van der Waals surface area contributed by atoms with Crippen molar-refractivity contribution in [2.75, 3.05) is 26.3 Å². The van der Waals surface area contributed by atoms with E-state index in [9.17, 15) is 4.79 Å². The van der Waals surface area contributed by atoms with Crippen molar-refractivity contribution in [2.24, 2.45) is 5.73 Å². The highest BCUT2D eigenvalue weighted by molar-refractivity contribution is 6.30. The van der Waals surface area contributed by atoms with Gasteiger partial charge in [0.1, 0.15) is 0 Å². The predicted octanol–water partition coefficient (Wildman–Crippen LogP) is 4.87. The lowest BCUT2D eigenvalue weighted by atomic mass is 9.98. The van der Waals surface area contributed by atoms with E-state index in [0.717, 1.165) is 55.1 Å². The number of hydrogen-bond acceptors (Lipinski definition) is 3. The quantitative estimate of drug-likeness (QED) is 0.446. The molecule has 158 valence electrons. The van der Waals surface area contributed by atoms with E-state index in [1.54, 1.807) is 0 Å². The minimum atomic E-state index is -0.448. The Balaban J connectivity index is 1.51. The van der Waals surface area contributed by atoms with E-state index in [1.807, 2.05) is 66.7 Å². The van der Waals surface area contributed by atoms with Crippen molar-refractivity contribution in [1.29, 1.82) is 0 Å². The van der Waals surface area contributed by atoms with Gasteiger partial charge in [0.25, 0.3) is 0 Å². The lowest BCUT2D eigenvalue weighted by Crippen LogP contribution is -2.35. The molecule has 0 unspecified atom stereocenters. The van der Waals surface area contributed by atoms with Crippen molar-refractivity contribution in [3.63, 3.8) is 0 Å². The van der Waals surface area contributed by atoms with Crippen LogP contribution in [0.25, 0.3) is 22.8 Å². The van der Waals surface area contributed by atoms with Gasteiger partial charge >= 0.3 is 0 Å². The lowest BCUT2D eigenvalue weighted by molar-refractivity contribution is -0.112. The molecule has 1 heterocycles. The van der Waals surface area contributed by atoms with Gasteiger partial charge in [-0.3, -0.25) is 9.69 Å². The molecule has 1 fully saturated rings. The summed E-state index contributed by atoms with van der Waals surface area (Å²) < 4.78 is 5.40. The largest absolute Gasteiger partial charge is 0.379 e. The second-order valence-electron chi connectivity index (χ2n) is 7.64. The van der Waals surface area contributed by atoms with Crippen molar-refractivity contribution in [1.82, 2.24) is 4.90 Å². The van der Waals surface area contributed by atoms with Crippen LogP contribution in [0.4, 0.5) is 0 Å². The number of carbonyl (C=O) groups excluding carboxylic acids is 1. The first kappa shape index (κ1) is 21.3. The maximum Gasteiger partial charge on any atom is 0.249 e. The zero-order valence-corrected chi connectivity index (χ0v) is 18.0. The smallest absolute Gasteiger partial charge is 0.249 e. The van der Waals surface area contributed by atoms with Gasteiger partial charge in [-0.05, 0) is 46.0 Å². The number of nitrogens with two attached hydrogens (primary N) is 1. The SMILES string of the molecule is NC(=O)/C(=C/c1ccc(CN2CCOCC2)cc1)c1ccc(-c2ccc(Cl)cc2)cc1. The van der Waals surface area contributed by atoms with Gasteiger partial charge < -0.3 is 10.5 Å². The van der Waals surface area contributed by atoms with E-state index >= 15 is 0 Å². The number of halogens is 1. The number of hydrogen-bond donors (Lipinski definition) is 1. The molecule has 1 aliphatic rings. The van der Waals surface area contributed by atoms with E-state index in [4.69, 9.17) is 22.1 Å². The maximum atomic E-state index is 12.1. The van der Waals surface area contributed by atoms with Gasteiger partial charge in [-0.25, -0.2) is 0 Å². The monoisotopic (exact) mass is 432 g/mol. The summed E-state index contributed by atoms with van der Waals surface area (Å²) in [6, 6.07) is 23.8. The molecular weight excluding hydrogens is 408 g/mol. The van der Waals surface area contributed by atoms with Crippen LogP contribution in [0.3, 0.4) is 0 Å². The third kappa shape index (κ3) is 5.61. The molecule has 4 rings (SSSR count). The van der Waals surface area contributed by atoms with Crippen LogP contribution in [0.2, 0.25) is 5.02 Å². The molecular formula is C26H25ClN2O2. The molecule has 3 aromatic carbocycles. The maximum absolute atomic E-state index is 12.1. The van der Waals surface area contributed by atoms with Crippen LogP contribution in [0.15, 0.2) is 72.8 Å². The molecule has 3 aromatic rings. The van der Waals surface area contributed by atoms with Gasteiger partial charge in [-0.1, -0.05) is 72.3 Å². The van der Waals surface area contributed by atoms with Crippen molar-refractivity contribution in [2.45, 2.75) is 6.54 Å². The molecule has 0 aromatic heterocycles. The topological polar surface area (TPSA) is 55.6 Å². The molecule has 5 heteroatoms. The molecule has 1 amide bonds. The number of benzene rings is 3. The highest BCUT2D eigenvalue weighted by Crippen LogP contribution is 2.25. The van der Waals surface area contributed by atoms with Crippen LogP contribution < -0.4 is 5.73 Å². The first-order valence-electron chi connectivity index (χ1n) is 10.4. The second-order valence-corrected chi connectivity index (χ2v) is 8.07. The summed E-state index contributed by atoms with van der Waals surface area (Å²) in [7, 11) is 0. The molecule has 2 N–H and O–H groups in total. The average molecular weight is 433 g/mol. The standard InChI is InChI=1S/C26H25ClN2O2/c27-24-11-9-22(10-12-24)21-5-7-23(8-6-21)25(26(28)30)17-19-1-3-20(4-2-19)18-29-13-15-31-16-14-29/h1-12,17H,13-16,18H2,(H2,28,30)/b25-17+. The minimum Gasteiger partial charge on any atom is -0.379 e. The Morgan fingerprint density at radius 3 is 2.06 bits per heavy atom. The number of ether oxygens (including phenoxy) is 1. The number of morpholine rings is 1. The third-order valence-corrected chi connectivity index (χ3v) is 5.69. The van der Waals surface area contributed by atoms with Crippen LogP contribution in [0.1, 0.15) is 16.7 Å². The first-order valence-corrected chi connectivity index (χ1v) is 10.7. The predicted molar refractivity (Wildman–Crippen MR) is 126 cm³/mol. The van der Waals surface area contributed by atoms with Gasteiger partial charge in [0.15, 0.2) is 0 Å². The zero-order valence-electron chi connectivity index (χ0n) is 17.3. The van der Waals surface area contributed by atoms with Gasteiger partial charge in [0, 0.05) is 30.2 Å². The first-order chi connectivity index (χ1) is 15.1. The number of rotatable bonds is 6. The van der Waals surface area contributed by atoms with E-state index < -0.39 is 5.91 Å². The van der Waals surface area contributed by atoms with Crippen LogP contribution in [0, 0.1) is 0 Å². The summed E-state index contributed by atoms with van der Waals surface area (Å²) in [5.41, 5.74) is 11.3. The molecule has 0 atom stereocenters. The summed E-state index contributed by atoms with van der Waals surface area (Å²) in [6.07, 6.45) is 1.85. The Morgan fingerprint density at radius 1 is 0.903 bits per heavy atom. The average Bonchev–Trinajstić information content (AvgIpc) is 2.80. The molecule has 0 spiro atoms. The highest BCUT2D eigenvalue weighted by atomic mass is 35.5. The van der Waals surface area contributed by atoms with Gasteiger partial charge in [-0.2, -0.15) is 0 Å². The van der Waals surface area contributed by atoms with Crippen LogP contribution in [-0.2, 0) is 16.1 Å². The third-order valence-electron chi connectivity index (χ3n) is 5.44. The summed E-state index contributed by atoms with van der Waals surface area (Å²) in [4.78, 5) is 14.5. The Kier molecular flexibility index (Phi) is 6.82. The van der Waals surface area contributed by atoms with Crippen molar-refractivity contribution < 1.29 is 9.53 Å². The molecule has 31 heavy (non-hydrogen) atoms. The van der Waals surface area contributed by atoms with Gasteiger partial charge in [0.05, 0.1) is 13.2 Å². The van der Waals surface area contributed by atoms with E-state index in [0.29, 0.717) is 10.6 Å². The van der Waals surface area contributed by atoms with Crippen molar-refractivity contribution >= 4 is 29.2 Å². The van der Waals surface area contributed by atoms with Crippen molar-refractivity contribution in [3.05, 3.63) is 94.5 Å². The molecule has 1 aliphatic heterocycles. The highest BCUT2D eigenvalue weighted by Gasteiger charge is 2.11. The molecule has 0 bridgehead atoms. The van der Waals surface area contributed by atoms with Crippen LogP contribution in [-0.4, -0.2) is 37.1 Å². The Labute approximate surface area is 187 Å². The number of nitrogens with zero attached hydrogens (tertiary/aromatic N) is 1. The fourth-order valence-corrected chi connectivity index (χ4v) is 3.81. The molecule has 0 radical (unpaired) electrons. The van der Waals surface area contributed by atoms with E-state index in [-0.39, 0.29) is 0 Å². The normalized spacial score (nSPS) is 15.1. The lowest BCUT2D eigenvalue weighted by Gasteiger charge is -2.26. The fraction of sp³-hybridized carbons (Fsp3) is 0.192. The summed E-state index contributed by atoms with van der Waals surface area (Å²) in [5, 5.41) is 0.704. The Hall–Kier alpha value is -2.92. The van der Waals surface area contributed by atoms with E-state index in [2.05, 4.69) is 17.0 Å². The minimum absolute atomic E-state index is 0.448. The van der Waals surface area contributed by atoms with Gasteiger partial charge in [0.2, 0.25) is 5.91 Å². The number of primary amides is 1. The second kappa shape index (κ2) is 9.92. The number of carbonyl (C=O) groups is 1. The zero-order chi connectivity index (χ0) is 21.6. The fourth-order valence-electron chi connectivity index (χ4n) is 3.68. The number of amides is 1. The Morgan fingerprint density at radius 2 is 1.48 bits per heavy atom. The van der Waals surface area contributed by atoms with Crippen LogP contribution >= 0.6 is 11.6 Å². The summed E-state index contributed by atoms with van der Waals surface area (Å²) >= 11 is 5.97.